The zero-order chi connectivity index (χ0) is 24.6. The maximum absolute atomic E-state index is 13.5. The molecule has 6 rings (SSSR count). The quantitative estimate of drug-likeness (QED) is 0.327. The number of nitrogens with zero attached hydrogens (tertiary/aromatic N) is 4. The first-order valence-electron chi connectivity index (χ1n) is 11.9. The third kappa shape index (κ3) is 4.33. The van der Waals surface area contributed by atoms with Crippen molar-refractivity contribution in [3.63, 3.8) is 0 Å². The minimum atomic E-state index is -0.253. The molecule has 0 bridgehead atoms. The van der Waals surface area contributed by atoms with E-state index in [9.17, 15) is 4.79 Å². The van der Waals surface area contributed by atoms with Crippen molar-refractivity contribution in [2.24, 2.45) is 0 Å². The van der Waals surface area contributed by atoms with Crippen LogP contribution in [0.3, 0.4) is 0 Å². The second-order valence-corrected chi connectivity index (χ2v) is 9.18. The van der Waals surface area contributed by atoms with Gasteiger partial charge in [-0.25, -0.2) is 4.98 Å². The number of aromatic nitrogens is 4. The standard InChI is InChI=1S/C28H25N5O3/c1-17-3-5-18(6-4-17)15-33-16-21(14-29-33)30-27(34)23-13-24(19-7-8-19)31-28-25(23)26(32-36-28)20-9-11-22(35-2)12-10-20/h3-6,9-14,16,19H,7-8,15H2,1-2H3,(H,30,34). The summed E-state index contributed by atoms with van der Waals surface area (Å²) in [5.74, 6) is 0.839. The monoisotopic (exact) mass is 479 g/mol. The van der Waals surface area contributed by atoms with Crippen LogP contribution < -0.4 is 10.1 Å². The van der Waals surface area contributed by atoms with Crippen LogP contribution in [0.1, 0.15) is 45.9 Å². The fraction of sp³-hybridized carbons (Fsp3) is 0.214. The predicted octanol–water partition coefficient (Wildman–Crippen LogP) is 5.58. The van der Waals surface area contributed by atoms with Gasteiger partial charge in [0.15, 0.2) is 0 Å². The molecule has 36 heavy (non-hydrogen) atoms. The number of pyridine rings is 1. The van der Waals surface area contributed by atoms with Gasteiger partial charge in [-0.15, -0.1) is 0 Å². The van der Waals surface area contributed by atoms with Crippen molar-refractivity contribution in [3.8, 4) is 17.0 Å². The molecule has 0 saturated heterocycles. The zero-order valence-corrected chi connectivity index (χ0v) is 20.1. The van der Waals surface area contributed by atoms with E-state index in [2.05, 4.69) is 51.7 Å². The number of hydrogen-bond acceptors (Lipinski definition) is 6. The summed E-state index contributed by atoms with van der Waals surface area (Å²) in [5, 5.41) is 12.3. The highest BCUT2D eigenvalue weighted by Crippen LogP contribution is 2.41. The minimum absolute atomic E-state index is 0.253. The van der Waals surface area contributed by atoms with E-state index in [1.54, 1.807) is 18.0 Å². The van der Waals surface area contributed by atoms with Crippen molar-refractivity contribution < 1.29 is 14.1 Å². The normalized spacial score (nSPS) is 13.2. The highest BCUT2D eigenvalue weighted by molar-refractivity contribution is 6.14. The van der Waals surface area contributed by atoms with Gasteiger partial charge in [-0.05, 0) is 55.7 Å². The van der Waals surface area contributed by atoms with Gasteiger partial charge in [0.25, 0.3) is 11.6 Å². The fourth-order valence-corrected chi connectivity index (χ4v) is 4.28. The molecule has 1 N–H and O–H groups in total. The molecule has 1 fully saturated rings. The van der Waals surface area contributed by atoms with E-state index in [1.807, 2.05) is 36.5 Å². The number of methoxy groups -OCH3 is 1. The maximum Gasteiger partial charge on any atom is 0.259 e. The average molecular weight is 480 g/mol. The van der Waals surface area contributed by atoms with Crippen LogP contribution in [0.2, 0.25) is 0 Å². The Morgan fingerprint density at radius 2 is 1.92 bits per heavy atom. The van der Waals surface area contributed by atoms with Crippen LogP contribution in [-0.2, 0) is 6.54 Å². The SMILES string of the molecule is COc1ccc(-c2noc3nc(C4CC4)cc(C(=O)Nc4cnn(Cc5ccc(C)cc5)c4)c23)cc1. The van der Waals surface area contributed by atoms with Gasteiger partial charge in [-0.2, -0.15) is 5.10 Å². The molecule has 0 atom stereocenters. The molecule has 8 heteroatoms. The van der Waals surface area contributed by atoms with E-state index in [4.69, 9.17) is 9.26 Å². The molecule has 1 aliphatic carbocycles. The molecule has 2 aromatic carbocycles. The summed E-state index contributed by atoms with van der Waals surface area (Å²) in [5.41, 5.74) is 6.07. The first kappa shape index (κ1) is 22.0. The molecule has 3 heterocycles. The lowest BCUT2D eigenvalue weighted by Crippen LogP contribution is -2.13. The van der Waals surface area contributed by atoms with E-state index in [-0.39, 0.29) is 5.91 Å². The molecule has 180 valence electrons. The fourth-order valence-electron chi connectivity index (χ4n) is 4.28. The van der Waals surface area contributed by atoms with Gasteiger partial charge < -0.3 is 14.6 Å². The number of hydrogen-bond donors (Lipinski definition) is 1. The van der Waals surface area contributed by atoms with Gasteiger partial charge >= 0.3 is 0 Å². The highest BCUT2D eigenvalue weighted by atomic mass is 16.5. The van der Waals surface area contributed by atoms with Gasteiger partial charge in [0, 0.05) is 23.4 Å². The Morgan fingerprint density at radius 1 is 1.14 bits per heavy atom. The number of fused-ring (bicyclic) bond motifs is 1. The molecule has 1 aliphatic rings. The summed E-state index contributed by atoms with van der Waals surface area (Å²) in [4.78, 5) is 18.2. The number of amides is 1. The van der Waals surface area contributed by atoms with Crippen LogP contribution in [0, 0.1) is 6.92 Å². The lowest BCUT2D eigenvalue weighted by Gasteiger charge is -2.08. The molecule has 1 saturated carbocycles. The summed E-state index contributed by atoms with van der Waals surface area (Å²) in [6.07, 6.45) is 5.61. The minimum Gasteiger partial charge on any atom is -0.497 e. The molecule has 0 aliphatic heterocycles. The van der Waals surface area contributed by atoms with Crippen LogP contribution in [-0.4, -0.2) is 32.9 Å². The highest BCUT2D eigenvalue weighted by Gasteiger charge is 2.29. The molecular formula is C28H25N5O3. The van der Waals surface area contributed by atoms with Gasteiger partial charge in [-0.3, -0.25) is 9.48 Å². The zero-order valence-electron chi connectivity index (χ0n) is 20.1. The Labute approximate surface area is 207 Å². The Kier molecular flexibility index (Phi) is 5.48. The van der Waals surface area contributed by atoms with Crippen LogP contribution >= 0.6 is 0 Å². The van der Waals surface area contributed by atoms with Crippen molar-refractivity contribution in [2.45, 2.75) is 32.2 Å². The van der Waals surface area contributed by atoms with Crippen LogP contribution in [0.4, 0.5) is 5.69 Å². The number of rotatable bonds is 7. The predicted molar refractivity (Wildman–Crippen MR) is 136 cm³/mol. The Bertz CT molecular complexity index is 1550. The smallest absolute Gasteiger partial charge is 0.259 e. The van der Waals surface area contributed by atoms with E-state index in [0.717, 1.165) is 35.4 Å². The first-order chi connectivity index (χ1) is 17.6. The summed E-state index contributed by atoms with van der Waals surface area (Å²) >= 11 is 0. The van der Waals surface area contributed by atoms with E-state index in [0.29, 0.717) is 40.5 Å². The summed E-state index contributed by atoms with van der Waals surface area (Å²) in [6, 6.07) is 17.7. The summed E-state index contributed by atoms with van der Waals surface area (Å²) in [6.45, 7) is 2.68. The van der Waals surface area contributed by atoms with Crippen LogP contribution in [0.15, 0.2) is 71.5 Å². The number of ether oxygens (including phenoxy) is 1. The topological polar surface area (TPSA) is 95.1 Å². The van der Waals surface area contributed by atoms with Gasteiger partial charge in [0.05, 0.1) is 36.5 Å². The number of anilines is 1. The second kappa shape index (κ2) is 8.96. The van der Waals surface area contributed by atoms with Crippen LogP contribution in [0.5, 0.6) is 5.75 Å². The summed E-state index contributed by atoms with van der Waals surface area (Å²) < 4.78 is 12.7. The number of nitrogens with one attached hydrogen (secondary N) is 1. The Balaban J connectivity index is 1.32. The molecule has 0 radical (unpaired) electrons. The molecule has 0 unspecified atom stereocenters. The maximum atomic E-state index is 13.5. The molecular weight excluding hydrogens is 454 g/mol. The lowest BCUT2D eigenvalue weighted by atomic mass is 10.0. The number of benzene rings is 2. The molecule has 8 nitrogen and oxygen atoms in total. The number of aryl methyl sites for hydroxylation is 1. The second-order valence-electron chi connectivity index (χ2n) is 9.18. The van der Waals surface area contributed by atoms with Crippen molar-refractivity contribution in [3.05, 3.63) is 89.4 Å². The average Bonchev–Trinajstić information content (AvgIpc) is 3.52. The first-order valence-corrected chi connectivity index (χ1v) is 11.9. The summed E-state index contributed by atoms with van der Waals surface area (Å²) in [7, 11) is 1.62. The molecule has 0 spiro atoms. The van der Waals surface area contributed by atoms with Gasteiger partial charge in [0.2, 0.25) is 0 Å². The van der Waals surface area contributed by atoms with E-state index in [1.165, 1.54) is 5.56 Å². The van der Waals surface area contributed by atoms with Gasteiger partial charge in [-0.1, -0.05) is 35.0 Å². The number of carbonyl (C=O) groups excluding carboxylic acids is 1. The van der Waals surface area contributed by atoms with Crippen molar-refractivity contribution in [1.82, 2.24) is 19.9 Å². The Hall–Kier alpha value is -4.46. The number of carbonyl (C=O) groups is 1. The Morgan fingerprint density at radius 3 is 2.64 bits per heavy atom. The largest absolute Gasteiger partial charge is 0.497 e. The third-order valence-corrected chi connectivity index (χ3v) is 6.43. The van der Waals surface area contributed by atoms with Crippen LogP contribution in [0.25, 0.3) is 22.4 Å². The van der Waals surface area contributed by atoms with Crippen molar-refractivity contribution in [2.75, 3.05) is 12.4 Å². The molecule has 3 aromatic heterocycles. The van der Waals surface area contributed by atoms with Gasteiger partial charge in [0.1, 0.15) is 11.4 Å². The van der Waals surface area contributed by atoms with E-state index >= 15 is 0 Å². The van der Waals surface area contributed by atoms with Crippen molar-refractivity contribution in [1.29, 1.82) is 0 Å². The van der Waals surface area contributed by atoms with Crippen molar-refractivity contribution >= 4 is 22.7 Å². The molecule has 1 amide bonds. The third-order valence-electron chi connectivity index (χ3n) is 6.43. The lowest BCUT2D eigenvalue weighted by molar-refractivity contribution is 0.102. The molecule has 5 aromatic rings. The van der Waals surface area contributed by atoms with E-state index < -0.39 is 0 Å².